The lowest BCUT2D eigenvalue weighted by Gasteiger charge is -2.11. The van der Waals surface area contributed by atoms with Crippen molar-refractivity contribution in [1.29, 1.82) is 0 Å². The van der Waals surface area contributed by atoms with Crippen molar-refractivity contribution in [3.63, 3.8) is 0 Å². The van der Waals surface area contributed by atoms with Gasteiger partial charge in [0.2, 0.25) is 0 Å². The van der Waals surface area contributed by atoms with Crippen LogP contribution >= 0.6 is 0 Å². The first-order valence-electron chi connectivity index (χ1n) is 6.16. The maximum Gasteiger partial charge on any atom is 0.175 e. The molecule has 0 fully saturated rings. The van der Waals surface area contributed by atoms with Gasteiger partial charge in [0, 0.05) is 24.1 Å². The fraction of sp³-hybridized carbons (Fsp3) is 0.200. The van der Waals surface area contributed by atoms with Crippen LogP contribution in [0.25, 0.3) is 0 Å². The summed E-state index contributed by atoms with van der Waals surface area (Å²) in [7, 11) is -3.25. The Hall–Kier alpha value is -1.88. The van der Waals surface area contributed by atoms with Gasteiger partial charge in [-0.15, -0.1) is 0 Å². The Kier molecular flexibility index (Phi) is 4.09. The average molecular weight is 293 g/mol. The van der Waals surface area contributed by atoms with E-state index in [-0.39, 0.29) is 10.7 Å². The Balaban J connectivity index is 2.24. The number of benzene rings is 2. The summed E-state index contributed by atoms with van der Waals surface area (Å²) in [5, 5.41) is 3.08. The number of halogens is 1. The van der Waals surface area contributed by atoms with Gasteiger partial charge in [0.25, 0.3) is 0 Å². The summed E-state index contributed by atoms with van der Waals surface area (Å²) < 4.78 is 36.6. The highest BCUT2D eigenvalue weighted by Gasteiger charge is 2.09. The third kappa shape index (κ3) is 3.36. The smallest absolute Gasteiger partial charge is 0.175 e. The first-order chi connectivity index (χ1) is 9.38. The summed E-state index contributed by atoms with van der Waals surface area (Å²) in [5.41, 5.74) is 2.14. The quantitative estimate of drug-likeness (QED) is 0.942. The average Bonchev–Trinajstić information content (AvgIpc) is 2.38. The maximum atomic E-state index is 13.5. The van der Waals surface area contributed by atoms with E-state index in [4.69, 9.17) is 0 Å². The number of sulfone groups is 1. The van der Waals surface area contributed by atoms with Crippen molar-refractivity contribution in [2.75, 3.05) is 11.6 Å². The Morgan fingerprint density at radius 3 is 2.50 bits per heavy atom. The van der Waals surface area contributed by atoms with Crippen LogP contribution in [0.5, 0.6) is 0 Å². The van der Waals surface area contributed by atoms with Crippen molar-refractivity contribution in [3.8, 4) is 0 Å². The van der Waals surface area contributed by atoms with E-state index >= 15 is 0 Å². The molecule has 0 saturated heterocycles. The lowest BCUT2D eigenvalue weighted by atomic mass is 10.1. The first-order valence-corrected chi connectivity index (χ1v) is 8.05. The minimum Gasteiger partial charge on any atom is -0.381 e. The lowest BCUT2D eigenvalue weighted by Crippen LogP contribution is -2.05. The lowest BCUT2D eigenvalue weighted by molar-refractivity contribution is 0.601. The second kappa shape index (κ2) is 5.63. The van der Waals surface area contributed by atoms with E-state index in [2.05, 4.69) is 5.32 Å². The molecule has 20 heavy (non-hydrogen) atoms. The predicted molar refractivity (Wildman–Crippen MR) is 78.0 cm³/mol. The molecule has 0 aliphatic heterocycles. The van der Waals surface area contributed by atoms with Crippen molar-refractivity contribution in [2.24, 2.45) is 0 Å². The molecule has 0 saturated carbocycles. The van der Waals surface area contributed by atoms with Crippen molar-refractivity contribution in [3.05, 3.63) is 59.4 Å². The van der Waals surface area contributed by atoms with Crippen molar-refractivity contribution in [2.45, 2.75) is 18.4 Å². The van der Waals surface area contributed by atoms with Crippen LogP contribution in [0.4, 0.5) is 10.1 Å². The molecule has 0 unspecified atom stereocenters. The molecule has 0 amide bonds. The van der Waals surface area contributed by atoms with Gasteiger partial charge >= 0.3 is 0 Å². The van der Waals surface area contributed by atoms with Gasteiger partial charge in [-0.1, -0.05) is 24.3 Å². The Morgan fingerprint density at radius 1 is 1.15 bits per heavy atom. The first kappa shape index (κ1) is 14.5. The van der Waals surface area contributed by atoms with Gasteiger partial charge in [0.05, 0.1) is 4.90 Å². The Bertz CT molecular complexity index is 726. The predicted octanol–water partition coefficient (Wildman–Crippen LogP) is 3.15. The zero-order valence-electron chi connectivity index (χ0n) is 11.4. The normalized spacial score (nSPS) is 11.3. The number of nitrogens with one attached hydrogen (secondary N) is 1. The number of rotatable bonds is 4. The van der Waals surface area contributed by atoms with E-state index in [1.165, 1.54) is 6.07 Å². The van der Waals surface area contributed by atoms with Gasteiger partial charge in [0.15, 0.2) is 9.84 Å². The molecule has 0 atom stereocenters. The highest BCUT2D eigenvalue weighted by Crippen LogP contribution is 2.21. The van der Waals surface area contributed by atoms with Crippen LogP contribution < -0.4 is 5.32 Å². The molecule has 0 bridgehead atoms. The number of anilines is 1. The SMILES string of the molecule is Cc1ccc(S(C)(=O)=O)cc1NCc1ccccc1F. The van der Waals surface area contributed by atoms with Gasteiger partial charge in [-0.3, -0.25) is 0 Å². The van der Waals surface area contributed by atoms with E-state index < -0.39 is 9.84 Å². The molecule has 0 radical (unpaired) electrons. The fourth-order valence-electron chi connectivity index (χ4n) is 1.85. The summed E-state index contributed by atoms with van der Waals surface area (Å²) >= 11 is 0. The largest absolute Gasteiger partial charge is 0.381 e. The summed E-state index contributed by atoms with van der Waals surface area (Å²) in [6.45, 7) is 2.18. The zero-order valence-corrected chi connectivity index (χ0v) is 12.2. The van der Waals surface area contributed by atoms with Crippen LogP contribution in [0.3, 0.4) is 0 Å². The topological polar surface area (TPSA) is 46.2 Å². The van der Waals surface area contributed by atoms with Gasteiger partial charge in [-0.05, 0) is 30.7 Å². The third-order valence-electron chi connectivity index (χ3n) is 3.06. The molecule has 3 nitrogen and oxygen atoms in total. The maximum absolute atomic E-state index is 13.5. The summed E-state index contributed by atoms with van der Waals surface area (Å²) in [5.74, 6) is -0.281. The number of hydrogen-bond acceptors (Lipinski definition) is 3. The molecule has 5 heteroatoms. The molecular weight excluding hydrogens is 277 g/mol. The molecule has 2 rings (SSSR count). The van der Waals surface area contributed by atoms with E-state index in [1.54, 1.807) is 36.4 Å². The van der Waals surface area contributed by atoms with E-state index in [0.29, 0.717) is 17.8 Å². The van der Waals surface area contributed by atoms with Gasteiger partial charge < -0.3 is 5.32 Å². The minimum atomic E-state index is -3.25. The van der Waals surface area contributed by atoms with Crippen molar-refractivity contribution in [1.82, 2.24) is 0 Å². The summed E-state index contributed by atoms with van der Waals surface area (Å²) in [6, 6.07) is 11.4. The van der Waals surface area contributed by atoms with Crippen molar-refractivity contribution < 1.29 is 12.8 Å². The van der Waals surface area contributed by atoms with Crippen LogP contribution in [0, 0.1) is 12.7 Å². The standard InChI is InChI=1S/C15H16FNO2S/c1-11-7-8-13(20(2,18)19)9-15(11)17-10-12-5-3-4-6-14(12)16/h3-9,17H,10H2,1-2H3. The fourth-order valence-corrected chi connectivity index (χ4v) is 2.50. The van der Waals surface area contributed by atoms with E-state index in [9.17, 15) is 12.8 Å². The summed E-state index contributed by atoms with van der Waals surface area (Å²) in [6.07, 6.45) is 1.16. The number of aryl methyl sites for hydroxylation is 1. The van der Waals surface area contributed by atoms with E-state index in [0.717, 1.165) is 11.8 Å². The third-order valence-corrected chi connectivity index (χ3v) is 4.17. The van der Waals surface area contributed by atoms with Gasteiger partial charge in [-0.25, -0.2) is 12.8 Å². The van der Waals surface area contributed by atoms with E-state index in [1.807, 2.05) is 6.92 Å². The monoisotopic (exact) mass is 293 g/mol. The second-order valence-electron chi connectivity index (χ2n) is 4.69. The molecule has 0 heterocycles. The molecule has 2 aromatic rings. The van der Waals surface area contributed by atoms with Gasteiger partial charge in [0.1, 0.15) is 5.82 Å². The Morgan fingerprint density at radius 2 is 1.85 bits per heavy atom. The molecule has 106 valence electrons. The van der Waals surface area contributed by atoms with Gasteiger partial charge in [-0.2, -0.15) is 0 Å². The van der Waals surface area contributed by atoms with Crippen LogP contribution in [0.1, 0.15) is 11.1 Å². The minimum absolute atomic E-state index is 0.249. The van der Waals surface area contributed by atoms with Crippen LogP contribution in [0.2, 0.25) is 0 Å². The molecule has 0 aliphatic carbocycles. The highest BCUT2D eigenvalue weighted by atomic mass is 32.2. The highest BCUT2D eigenvalue weighted by molar-refractivity contribution is 7.90. The van der Waals surface area contributed by atoms with Crippen LogP contribution in [0.15, 0.2) is 47.4 Å². The molecular formula is C15H16FNO2S. The molecule has 0 aliphatic rings. The molecule has 2 aromatic carbocycles. The second-order valence-corrected chi connectivity index (χ2v) is 6.71. The molecule has 0 spiro atoms. The molecule has 1 N–H and O–H groups in total. The zero-order chi connectivity index (χ0) is 14.8. The Labute approximate surface area is 118 Å². The van der Waals surface area contributed by atoms with Crippen LogP contribution in [-0.4, -0.2) is 14.7 Å². The summed E-state index contributed by atoms with van der Waals surface area (Å²) in [4.78, 5) is 0.249. The van der Waals surface area contributed by atoms with Crippen molar-refractivity contribution >= 4 is 15.5 Å². The molecule has 0 aromatic heterocycles. The number of hydrogen-bond donors (Lipinski definition) is 1. The van der Waals surface area contributed by atoms with Crippen LogP contribution in [-0.2, 0) is 16.4 Å².